The maximum absolute atomic E-state index is 12.7. The van der Waals surface area contributed by atoms with Crippen LogP contribution in [-0.2, 0) is 13.0 Å². The van der Waals surface area contributed by atoms with Gasteiger partial charge in [-0.05, 0) is 23.4 Å². The first-order valence-corrected chi connectivity index (χ1v) is 7.91. The summed E-state index contributed by atoms with van der Waals surface area (Å²) in [5.74, 6) is 0.719. The van der Waals surface area contributed by atoms with Crippen molar-refractivity contribution in [2.24, 2.45) is 0 Å². The molecule has 1 amide bonds. The molecule has 1 aliphatic heterocycles. The van der Waals surface area contributed by atoms with Crippen LogP contribution >= 0.6 is 11.3 Å². The maximum Gasteiger partial charge on any atom is 0.275 e. The Balaban J connectivity index is 1.87. The van der Waals surface area contributed by atoms with Gasteiger partial charge in [-0.3, -0.25) is 4.79 Å². The molecule has 110 valence electrons. The summed E-state index contributed by atoms with van der Waals surface area (Å²) in [7, 11) is 0. The molecule has 0 saturated heterocycles. The van der Waals surface area contributed by atoms with Crippen LogP contribution in [0.15, 0.2) is 17.6 Å². The molecule has 2 N–H and O–H groups in total. The quantitative estimate of drug-likeness (QED) is 0.925. The molecule has 0 fully saturated rings. The van der Waals surface area contributed by atoms with Crippen molar-refractivity contribution in [2.45, 2.75) is 32.7 Å². The van der Waals surface area contributed by atoms with Gasteiger partial charge in [-0.25, -0.2) is 9.97 Å². The highest BCUT2D eigenvalue weighted by molar-refractivity contribution is 7.10. The lowest BCUT2D eigenvalue weighted by Crippen LogP contribution is -2.36. The molecular weight excluding hydrogens is 284 g/mol. The van der Waals surface area contributed by atoms with Crippen molar-refractivity contribution in [1.29, 1.82) is 0 Å². The van der Waals surface area contributed by atoms with Gasteiger partial charge in [0.05, 0.1) is 11.9 Å². The van der Waals surface area contributed by atoms with E-state index < -0.39 is 0 Å². The van der Waals surface area contributed by atoms with Gasteiger partial charge in [0.25, 0.3) is 5.91 Å². The van der Waals surface area contributed by atoms with Crippen LogP contribution in [0, 0.1) is 0 Å². The van der Waals surface area contributed by atoms with E-state index in [1.165, 1.54) is 16.6 Å². The Bertz CT molecular complexity index is 680. The molecule has 3 rings (SSSR count). The third-order valence-corrected chi connectivity index (χ3v) is 4.67. The van der Waals surface area contributed by atoms with Crippen LogP contribution in [0.3, 0.4) is 0 Å². The molecule has 6 heteroatoms. The zero-order valence-corrected chi connectivity index (χ0v) is 13.0. The van der Waals surface area contributed by atoms with Crippen LogP contribution < -0.4 is 5.73 Å². The first kappa shape index (κ1) is 14.0. The normalized spacial score (nSPS) is 14.3. The molecule has 2 aromatic rings. The van der Waals surface area contributed by atoms with Gasteiger partial charge in [0, 0.05) is 23.9 Å². The van der Waals surface area contributed by atoms with Gasteiger partial charge in [-0.15, -0.1) is 11.3 Å². The first-order chi connectivity index (χ1) is 10.1. The number of rotatable bonds is 2. The fraction of sp³-hybridized carbons (Fsp3) is 0.400. The zero-order valence-electron chi connectivity index (χ0n) is 12.2. The molecule has 0 radical (unpaired) electrons. The van der Waals surface area contributed by atoms with Crippen molar-refractivity contribution in [2.75, 3.05) is 12.3 Å². The molecule has 0 saturated carbocycles. The molecule has 0 aliphatic carbocycles. The Labute approximate surface area is 127 Å². The third kappa shape index (κ3) is 2.63. The largest absolute Gasteiger partial charge is 0.396 e. The number of nitrogen functional groups attached to an aromatic ring is 1. The standard InChI is InChI=1S/C15H18N4OS/c1-9(2)14-17-7-11(16)13(18-14)15(20)19-5-3-12-10(8-19)4-6-21-12/h4,6-7,9H,3,5,8,16H2,1-2H3. The SMILES string of the molecule is CC(C)c1ncc(N)c(C(=O)N2CCc3sccc3C2)n1. The second-order valence-electron chi connectivity index (χ2n) is 5.53. The number of aromatic nitrogens is 2. The zero-order chi connectivity index (χ0) is 15.0. The fourth-order valence-electron chi connectivity index (χ4n) is 2.43. The van der Waals surface area contributed by atoms with Crippen LogP contribution in [-0.4, -0.2) is 27.3 Å². The molecule has 3 heterocycles. The Hall–Kier alpha value is -1.95. The average molecular weight is 302 g/mol. The van der Waals surface area contributed by atoms with Crippen LogP contribution in [0.25, 0.3) is 0 Å². The van der Waals surface area contributed by atoms with Gasteiger partial charge >= 0.3 is 0 Å². The van der Waals surface area contributed by atoms with Gasteiger partial charge in [0.1, 0.15) is 5.82 Å². The Morgan fingerprint density at radius 3 is 3.05 bits per heavy atom. The van der Waals surface area contributed by atoms with Gasteiger partial charge in [-0.1, -0.05) is 13.8 Å². The van der Waals surface area contributed by atoms with Crippen molar-refractivity contribution < 1.29 is 4.79 Å². The molecule has 5 nitrogen and oxygen atoms in total. The summed E-state index contributed by atoms with van der Waals surface area (Å²) in [6, 6.07) is 2.09. The van der Waals surface area contributed by atoms with E-state index in [-0.39, 0.29) is 11.8 Å². The lowest BCUT2D eigenvalue weighted by atomic mass is 10.1. The highest BCUT2D eigenvalue weighted by Crippen LogP contribution is 2.25. The summed E-state index contributed by atoms with van der Waals surface area (Å²) in [4.78, 5) is 24.4. The van der Waals surface area contributed by atoms with Crippen molar-refractivity contribution in [1.82, 2.24) is 14.9 Å². The number of carbonyl (C=O) groups excluding carboxylic acids is 1. The lowest BCUT2D eigenvalue weighted by Gasteiger charge is -2.27. The average Bonchev–Trinajstić information content (AvgIpc) is 2.94. The first-order valence-electron chi connectivity index (χ1n) is 7.03. The Morgan fingerprint density at radius 1 is 1.48 bits per heavy atom. The predicted octanol–water partition coefficient (Wildman–Crippen LogP) is 2.44. The smallest absolute Gasteiger partial charge is 0.275 e. The second kappa shape index (κ2) is 5.44. The molecule has 21 heavy (non-hydrogen) atoms. The molecule has 0 aromatic carbocycles. The number of carbonyl (C=O) groups is 1. The molecular formula is C15H18N4OS. The second-order valence-corrected chi connectivity index (χ2v) is 6.53. The van der Waals surface area contributed by atoms with Crippen LogP contribution in [0.1, 0.15) is 46.5 Å². The number of thiophene rings is 1. The van der Waals surface area contributed by atoms with E-state index >= 15 is 0 Å². The van der Waals surface area contributed by atoms with Gasteiger partial charge in [0.15, 0.2) is 5.69 Å². The van der Waals surface area contributed by atoms with E-state index in [0.29, 0.717) is 30.3 Å². The minimum atomic E-state index is -0.103. The van der Waals surface area contributed by atoms with E-state index in [1.54, 1.807) is 11.3 Å². The van der Waals surface area contributed by atoms with Gasteiger partial charge < -0.3 is 10.6 Å². The van der Waals surface area contributed by atoms with Gasteiger partial charge in [0.2, 0.25) is 0 Å². The summed E-state index contributed by atoms with van der Waals surface area (Å²) in [6.45, 7) is 5.35. The van der Waals surface area contributed by atoms with Crippen molar-refractivity contribution in [3.8, 4) is 0 Å². The van der Waals surface area contributed by atoms with Crippen LogP contribution in [0.5, 0.6) is 0 Å². The van der Waals surface area contributed by atoms with Gasteiger partial charge in [-0.2, -0.15) is 0 Å². The van der Waals surface area contributed by atoms with Crippen molar-refractivity contribution >= 4 is 22.9 Å². The number of nitrogens with zero attached hydrogens (tertiary/aromatic N) is 3. The van der Waals surface area contributed by atoms with E-state index in [9.17, 15) is 4.79 Å². The number of hydrogen-bond acceptors (Lipinski definition) is 5. The van der Waals surface area contributed by atoms with E-state index in [4.69, 9.17) is 5.73 Å². The van der Waals surface area contributed by atoms with E-state index in [1.807, 2.05) is 18.7 Å². The summed E-state index contributed by atoms with van der Waals surface area (Å²) in [5.41, 5.74) is 7.81. The lowest BCUT2D eigenvalue weighted by molar-refractivity contribution is 0.0730. The number of fused-ring (bicyclic) bond motifs is 1. The summed E-state index contributed by atoms with van der Waals surface area (Å²) in [5, 5.41) is 2.08. The summed E-state index contributed by atoms with van der Waals surface area (Å²) >= 11 is 1.76. The fourth-order valence-corrected chi connectivity index (χ4v) is 3.32. The molecule has 0 spiro atoms. The topological polar surface area (TPSA) is 72.1 Å². The molecule has 2 aromatic heterocycles. The Morgan fingerprint density at radius 2 is 2.29 bits per heavy atom. The predicted molar refractivity (Wildman–Crippen MR) is 83.3 cm³/mol. The van der Waals surface area contributed by atoms with E-state index in [0.717, 1.165) is 6.42 Å². The number of amides is 1. The summed E-state index contributed by atoms with van der Waals surface area (Å²) in [6.07, 6.45) is 2.44. The monoisotopic (exact) mass is 302 g/mol. The molecule has 0 atom stereocenters. The third-order valence-electron chi connectivity index (χ3n) is 3.65. The van der Waals surface area contributed by atoms with Crippen LogP contribution in [0.4, 0.5) is 5.69 Å². The van der Waals surface area contributed by atoms with E-state index in [2.05, 4.69) is 21.4 Å². The molecule has 0 unspecified atom stereocenters. The minimum absolute atomic E-state index is 0.103. The van der Waals surface area contributed by atoms with Crippen molar-refractivity contribution in [3.05, 3.63) is 39.6 Å². The van der Waals surface area contributed by atoms with Crippen LogP contribution in [0.2, 0.25) is 0 Å². The highest BCUT2D eigenvalue weighted by atomic mass is 32.1. The number of anilines is 1. The number of nitrogens with two attached hydrogens (primary N) is 1. The van der Waals surface area contributed by atoms with Crippen molar-refractivity contribution in [3.63, 3.8) is 0 Å². The highest BCUT2D eigenvalue weighted by Gasteiger charge is 2.25. The Kier molecular flexibility index (Phi) is 3.63. The molecule has 1 aliphatic rings. The molecule has 0 bridgehead atoms. The number of hydrogen-bond donors (Lipinski definition) is 1. The summed E-state index contributed by atoms with van der Waals surface area (Å²) < 4.78 is 0. The maximum atomic E-state index is 12.7. The minimum Gasteiger partial charge on any atom is -0.396 e.